The van der Waals surface area contributed by atoms with Crippen LogP contribution in [0.5, 0.6) is 0 Å². The monoisotopic (exact) mass is 298 g/mol. The molecule has 1 unspecified atom stereocenters. The van der Waals surface area contributed by atoms with E-state index in [1.54, 1.807) is 0 Å². The normalized spacial score (nSPS) is 25.6. The van der Waals surface area contributed by atoms with Gasteiger partial charge in [0.1, 0.15) is 0 Å². The SMILES string of the molecule is CN1CCCC(C(=O)NCCCSC2CCCCC2)C1. The number of carbonyl (C=O) groups excluding carboxylic acids is 1. The highest BCUT2D eigenvalue weighted by atomic mass is 32.2. The van der Waals surface area contributed by atoms with E-state index in [0.29, 0.717) is 0 Å². The maximum atomic E-state index is 12.1. The molecule has 0 aromatic heterocycles. The topological polar surface area (TPSA) is 32.3 Å². The van der Waals surface area contributed by atoms with Crippen LogP contribution >= 0.6 is 11.8 Å². The van der Waals surface area contributed by atoms with Crippen LogP contribution in [0.2, 0.25) is 0 Å². The predicted octanol–water partition coefficient (Wildman–Crippen LogP) is 2.90. The fourth-order valence-electron chi connectivity index (χ4n) is 3.29. The molecule has 2 rings (SSSR count). The molecule has 1 saturated heterocycles. The summed E-state index contributed by atoms with van der Waals surface area (Å²) in [4.78, 5) is 14.3. The van der Waals surface area contributed by atoms with Gasteiger partial charge in [-0.25, -0.2) is 0 Å². The maximum Gasteiger partial charge on any atom is 0.224 e. The van der Waals surface area contributed by atoms with Crippen LogP contribution in [0.25, 0.3) is 0 Å². The molecule has 0 aromatic rings. The number of hydrogen-bond acceptors (Lipinski definition) is 3. The molecule has 116 valence electrons. The second-order valence-electron chi connectivity index (χ2n) is 6.38. The molecular formula is C16H30N2OS. The van der Waals surface area contributed by atoms with E-state index >= 15 is 0 Å². The Balaban J connectivity index is 1.50. The number of hydrogen-bond donors (Lipinski definition) is 1. The zero-order valence-corrected chi connectivity index (χ0v) is 13.7. The average molecular weight is 298 g/mol. The highest BCUT2D eigenvalue weighted by molar-refractivity contribution is 7.99. The first kappa shape index (κ1) is 16.2. The lowest BCUT2D eigenvalue weighted by Gasteiger charge is -2.28. The van der Waals surface area contributed by atoms with Gasteiger partial charge in [-0.05, 0) is 51.4 Å². The van der Waals surface area contributed by atoms with Crippen molar-refractivity contribution in [1.82, 2.24) is 10.2 Å². The molecule has 0 bridgehead atoms. The van der Waals surface area contributed by atoms with Crippen LogP contribution in [-0.4, -0.2) is 48.5 Å². The zero-order valence-electron chi connectivity index (χ0n) is 12.9. The molecule has 4 heteroatoms. The van der Waals surface area contributed by atoms with Crippen molar-refractivity contribution >= 4 is 17.7 Å². The van der Waals surface area contributed by atoms with Crippen molar-refractivity contribution in [1.29, 1.82) is 0 Å². The van der Waals surface area contributed by atoms with Gasteiger partial charge in [0.15, 0.2) is 0 Å². The Morgan fingerprint density at radius 3 is 2.75 bits per heavy atom. The van der Waals surface area contributed by atoms with Gasteiger partial charge >= 0.3 is 0 Å². The minimum absolute atomic E-state index is 0.222. The molecule has 0 radical (unpaired) electrons. The number of piperidine rings is 1. The summed E-state index contributed by atoms with van der Waals surface area (Å²) in [5.41, 5.74) is 0. The zero-order chi connectivity index (χ0) is 14.2. The quantitative estimate of drug-likeness (QED) is 0.765. The summed E-state index contributed by atoms with van der Waals surface area (Å²) >= 11 is 2.13. The first-order valence-corrected chi connectivity index (χ1v) is 9.38. The van der Waals surface area contributed by atoms with Crippen LogP contribution in [-0.2, 0) is 4.79 Å². The summed E-state index contributed by atoms with van der Waals surface area (Å²) in [6.07, 6.45) is 10.4. The van der Waals surface area contributed by atoms with Crippen molar-refractivity contribution < 1.29 is 4.79 Å². The van der Waals surface area contributed by atoms with Crippen LogP contribution in [0, 0.1) is 5.92 Å². The van der Waals surface area contributed by atoms with Gasteiger partial charge in [0.05, 0.1) is 5.92 Å². The van der Waals surface area contributed by atoms with Gasteiger partial charge in [-0.15, -0.1) is 0 Å². The molecule has 2 fully saturated rings. The van der Waals surface area contributed by atoms with E-state index in [-0.39, 0.29) is 11.8 Å². The van der Waals surface area contributed by atoms with E-state index in [4.69, 9.17) is 0 Å². The molecule has 0 aromatic carbocycles. The van der Waals surface area contributed by atoms with E-state index in [1.165, 1.54) is 37.9 Å². The maximum absolute atomic E-state index is 12.1. The van der Waals surface area contributed by atoms with Crippen molar-refractivity contribution in [2.45, 2.75) is 56.6 Å². The van der Waals surface area contributed by atoms with E-state index in [0.717, 1.165) is 44.1 Å². The second kappa shape index (κ2) is 8.93. The molecule has 0 spiro atoms. The van der Waals surface area contributed by atoms with Crippen LogP contribution in [0.15, 0.2) is 0 Å². The first-order chi connectivity index (χ1) is 9.75. The summed E-state index contributed by atoms with van der Waals surface area (Å²) in [6, 6.07) is 0. The molecular weight excluding hydrogens is 268 g/mol. The third-order valence-corrected chi connectivity index (χ3v) is 5.99. The van der Waals surface area contributed by atoms with Crippen LogP contribution in [0.4, 0.5) is 0 Å². The minimum atomic E-state index is 0.222. The Kier molecular flexibility index (Phi) is 7.22. The minimum Gasteiger partial charge on any atom is -0.356 e. The summed E-state index contributed by atoms with van der Waals surface area (Å²) in [5, 5.41) is 4.03. The lowest BCUT2D eigenvalue weighted by atomic mass is 9.98. The van der Waals surface area contributed by atoms with Gasteiger partial charge in [0.25, 0.3) is 0 Å². The number of nitrogens with zero attached hydrogens (tertiary/aromatic N) is 1. The summed E-state index contributed by atoms with van der Waals surface area (Å²) < 4.78 is 0. The fourth-order valence-corrected chi connectivity index (χ4v) is 4.60. The van der Waals surface area contributed by atoms with Crippen LogP contribution in [0.3, 0.4) is 0 Å². The molecule has 1 atom stereocenters. The fraction of sp³-hybridized carbons (Fsp3) is 0.938. The largest absolute Gasteiger partial charge is 0.356 e. The molecule has 1 aliphatic carbocycles. The number of rotatable bonds is 6. The van der Waals surface area contributed by atoms with Crippen molar-refractivity contribution in [3.63, 3.8) is 0 Å². The van der Waals surface area contributed by atoms with Crippen molar-refractivity contribution in [3.05, 3.63) is 0 Å². The van der Waals surface area contributed by atoms with E-state index in [2.05, 4.69) is 29.0 Å². The summed E-state index contributed by atoms with van der Waals surface area (Å²) in [7, 11) is 2.11. The second-order valence-corrected chi connectivity index (χ2v) is 7.79. The molecule has 20 heavy (non-hydrogen) atoms. The van der Waals surface area contributed by atoms with Gasteiger partial charge < -0.3 is 10.2 Å². The lowest BCUT2D eigenvalue weighted by Crippen LogP contribution is -2.41. The van der Waals surface area contributed by atoms with Crippen LogP contribution in [0.1, 0.15) is 51.4 Å². The summed E-state index contributed by atoms with van der Waals surface area (Å²) in [6.45, 7) is 2.93. The predicted molar refractivity (Wildman–Crippen MR) is 87.2 cm³/mol. The standard InChI is InChI=1S/C16H30N2OS/c1-18-11-5-7-14(13-18)16(19)17-10-6-12-20-15-8-3-2-4-9-15/h14-15H,2-13H2,1H3,(H,17,19). The Bertz CT molecular complexity index is 292. The summed E-state index contributed by atoms with van der Waals surface area (Å²) in [5.74, 6) is 1.70. The third-order valence-electron chi connectivity index (χ3n) is 4.52. The smallest absolute Gasteiger partial charge is 0.224 e. The van der Waals surface area contributed by atoms with E-state index < -0.39 is 0 Å². The first-order valence-electron chi connectivity index (χ1n) is 8.33. The van der Waals surface area contributed by atoms with Crippen molar-refractivity contribution in [2.75, 3.05) is 32.4 Å². The van der Waals surface area contributed by atoms with Gasteiger partial charge in [-0.1, -0.05) is 19.3 Å². The molecule has 1 N–H and O–H groups in total. The highest BCUT2D eigenvalue weighted by Gasteiger charge is 2.23. The van der Waals surface area contributed by atoms with E-state index in [9.17, 15) is 4.79 Å². The van der Waals surface area contributed by atoms with Crippen molar-refractivity contribution in [3.8, 4) is 0 Å². The molecule has 1 amide bonds. The van der Waals surface area contributed by atoms with Gasteiger partial charge in [0, 0.05) is 18.3 Å². The average Bonchev–Trinajstić information content (AvgIpc) is 2.48. The Labute approximate surface area is 128 Å². The van der Waals surface area contributed by atoms with Gasteiger partial charge in [0.2, 0.25) is 5.91 Å². The van der Waals surface area contributed by atoms with E-state index in [1.807, 2.05) is 0 Å². The van der Waals surface area contributed by atoms with Gasteiger partial charge in [-0.2, -0.15) is 11.8 Å². The molecule has 3 nitrogen and oxygen atoms in total. The molecule has 1 heterocycles. The number of thioether (sulfide) groups is 1. The number of amides is 1. The lowest BCUT2D eigenvalue weighted by molar-refractivity contribution is -0.126. The Hall–Kier alpha value is -0.220. The highest BCUT2D eigenvalue weighted by Crippen LogP contribution is 2.28. The van der Waals surface area contributed by atoms with Crippen LogP contribution < -0.4 is 5.32 Å². The number of carbonyl (C=O) groups is 1. The Morgan fingerprint density at radius 1 is 1.20 bits per heavy atom. The number of nitrogens with one attached hydrogen (secondary N) is 1. The number of likely N-dealkylation sites (tertiary alicyclic amines) is 1. The third kappa shape index (κ3) is 5.65. The van der Waals surface area contributed by atoms with Crippen molar-refractivity contribution in [2.24, 2.45) is 5.92 Å². The molecule has 1 aliphatic heterocycles. The van der Waals surface area contributed by atoms with Gasteiger partial charge in [-0.3, -0.25) is 4.79 Å². The molecule has 2 aliphatic rings. The Morgan fingerprint density at radius 2 is 2.00 bits per heavy atom. The molecule has 1 saturated carbocycles.